The van der Waals surface area contributed by atoms with Gasteiger partial charge in [-0.05, 0) is 67.1 Å². The number of fused-ring (bicyclic) bond motifs is 2. The molecule has 0 unspecified atom stereocenters. The number of ether oxygens (including phenoxy) is 2. The van der Waals surface area contributed by atoms with Crippen LogP contribution in [0.5, 0.6) is 11.5 Å². The summed E-state index contributed by atoms with van der Waals surface area (Å²) in [6.45, 7) is 0.430. The van der Waals surface area contributed by atoms with Gasteiger partial charge in [-0.2, -0.15) is 0 Å². The van der Waals surface area contributed by atoms with E-state index >= 15 is 0 Å². The molecule has 196 valence electrons. The van der Waals surface area contributed by atoms with Crippen LogP contribution in [0.3, 0.4) is 0 Å². The number of aliphatic hydroxyl groups excluding tert-OH is 2. The zero-order valence-electron chi connectivity index (χ0n) is 21.9. The summed E-state index contributed by atoms with van der Waals surface area (Å²) in [6, 6.07) is 38.0. The molecule has 7 rings (SSSR count). The van der Waals surface area contributed by atoms with Crippen LogP contribution in [0.4, 0.5) is 0 Å². The van der Waals surface area contributed by atoms with Gasteiger partial charge in [-0.15, -0.1) is 0 Å². The number of rotatable bonds is 8. The van der Waals surface area contributed by atoms with E-state index in [1.807, 2.05) is 24.3 Å². The average Bonchev–Trinajstić information content (AvgIpc) is 3.33. The Balaban J connectivity index is 1.56. The molecule has 0 fully saturated rings. The summed E-state index contributed by atoms with van der Waals surface area (Å²) >= 11 is 0. The predicted molar refractivity (Wildman–Crippen MR) is 162 cm³/mol. The van der Waals surface area contributed by atoms with Crippen LogP contribution in [-0.2, 0) is 0 Å². The van der Waals surface area contributed by atoms with E-state index in [1.165, 1.54) is 33.0 Å². The lowest BCUT2D eigenvalue weighted by atomic mass is 9.87. The molecule has 2 N–H and O–H groups in total. The fraction of sp³-hybridized carbons (Fsp3) is 0.111. The monoisotopic (exact) mass is 524 g/mol. The Bertz CT molecular complexity index is 1800. The first kappa shape index (κ1) is 24.4. The summed E-state index contributed by atoms with van der Waals surface area (Å²) < 4.78 is 11.8. The van der Waals surface area contributed by atoms with Gasteiger partial charge in [-0.1, -0.05) is 97.1 Å². The third kappa shape index (κ3) is 3.84. The molecule has 6 aromatic rings. The molecule has 40 heavy (non-hydrogen) atoms. The molecule has 0 saturated carbocycles. The van der Waals surface area contributed by atoms with Gasteiger partial charge in [0.1, 0.15) is 24.7 Å². The highest BCUT2D eigenvalue weighted by atomic mass is 16.5. The molecule has 0 heterocycles. The second-order valence-corrected chi connectivity index (χ2v) is 9.92. The van der Waals surface area contributed by atoms with Crippen LogP contribution in [0.2, 0.25) is 0 Å². The van der Waals surface area contributed by atoms with Crippen molar-refractivity contribution in [3.63, 3.8) is 0 Å². The van der Waals surface area contributed by atoms with Crippen molar-refractivity contribution >= 4 is 43.5 Å². The first-order chi connectivity index (χ1) is 19.8. The minimum Gasteiger partial charge on any atom is -0.491 e. The van der Waals surface area contributed by atoms with Gasteiger partial charge in [-0.25, -0.2) is 0 Å². The van der Waals surface area contributed by atoms with Crippen molar-refractivity contribution in [3.05, 3.63) is 131 Å². The first-order valence-electron chi connectivity index (χ1n) is 13.6. The number of hydrogen-bond donors (Lipinski definition) is 2. The standard InChI is InChI=1S/C36H28O4/c37-19-21-39-32-17-5-9-24-26(32)11-3-13-28(24)35-30-15-1-7-23-8-2-16-31(34(23)30)36(35)29-14-4-12-27-25(29)10-6-18-33(27)40-22-20-38/h1-18,37-38H,19-22H2. The van der Waals surface area contributed by atoms with Gasteiger partial charge >= 0.3 is 0 Å². The Hall–Kier alpha value is -4.64. The van der Waals surface area contributed by atoms with Crippen LogP contribution in [0, 0.1) is 0 Å². The molecular weight excluding hydrogens is 496 g/mol. The van der Waals surface area contributed by atoms with E-state index in [9.17, 15) is 10.2 Å². The van der Waals surface area contributed by atoms with E-state index in [1.54, 1.807) is 0 Å². The molecule has 1 aliphatic rings. The SMILES string of the molecule is OCCOc1cccc2c(C3=C(c4cccc5c(OCCO)cccc45)c4cccc5cccc3c45)cccc12. The molecule has 6 aromatic carbocycles. The van der Waals surface area contributed by atoms with Crippen molar-refractivity contribution in [2.24, 2.45) is 0 Å². The largest absolute Gasteiger partial charge is 0.491 e. The molecule has 0 radical (unpaired) electrons. The zero-order valence-corrected chi connectivity index (χ0v) is 21.9. The molecule has 4 nitrogen and oxygen atoms in total. The van der Waals surface area contributed by atoms with Crippen molar-refractivity contribution in [3.8, 4) is 11.5 Å². The third-order valence-electron chi connectivity index (χ3n) is 7.69. The van der Waals surface area contributed by atoms with Crippen molar-refractivity contribution in [1.82, 2.24) is 0 Å². The van der Waals surface area contributed by atoms with E-state index in [0.29, 0.717) is 0 Å². The zero-order chi connectivity index (χ0) is 27.1. The molecule has 0 saturated heterocycles. The summed E-state index contributed by atoms with van der Waals surface area (Å²) in [5, 5.41) is 25.4. The Morgan fingerprint density at radius 3 is 1.30 bits per heavy atom. The van der Waals surface area contributed by atoms with Gasteiger partial charge in [-0.3, -0.25) is 0 Å². The maximum absolute atomic E-state index is 9.37. The maximum Gasteiger partial charge on any atom is 0.127 e. The van der Waals surface area contributed by atoms with Gasteiger partial charge in [0.05, 0.1) is 13.2 Å². The van der Waals surface area contributed by atoms with E-state index in [2.05, 4.69) is 84.9 Å². The molecule has 0 aromatic heterocycles. The molecule has 0 bridgehead atoms. The van der Waals surface area contributed by atoms with Crippen LogP contribution in [0.25, 0.3) is 43.5 Å². The molecule has 1 aliphatic carbocycles. The van der Waals surface area contributed by atoms with Gasteiger partial charge in [0.2, 0.25) is 0 Å². The van der Waals surface area contributed by atoms with E-state index in [4.69, 9.17) is 9.47 Å². The highest BCUT2D eigenvalue weighted by Crippen LogP contribution is 2.50. The van der Waals surface area contributed by atoms with Crippen LogP contribution < -0.4 is 9.47 Å². The van der Waals surface area contributed by atoms with Crippen molar-refractivity contribution in [2.45, 2.75) is 0 Å². The topological polar surface area (TPSA) is 58.9 Å². The van der Waals surface area contributed by atoms with Gasteiger partial charge in [0.15, 0.2) is 0 Å². The molecule has 0 aliphatic heterocycles. The van der Waals surface area contributed by atoms with Crippen LogP contribution in [-0.4, -0.2) is 36.6 Å². The lowest BCUT2D eigenvalue weighted by Gasteiger charge is -2.17. The molecular formula is C36H28O4. The number of hydrogen-bond acceptors (Lipinski definition) is 4. The van der Waals surface area contributed by atoms with Crippen LogP contribution >= 0.6 is 0 Å². The second kappa shape index (κ2) is 10.2. The molecule has 0 atom stereocenters. The summed E-state index contributed by atoms with van der Waals surface area (Å²) in [6.07, 6.45) is 0. The summed E-state index contributed by atoms with van der Waals surface area (Å²) in [5.41, 5.74) is 7.06. The van der Waals surface area contributed by atoms with Gasteiger partial charge < -0.3 is 19.7 Å². The molecule has 0 amide bonds. The van der Waals surface area contributed by atoms with E-state index < -0.39 is 0 Å². The number of benzene rings is 6. The summed E-state index contributed by atoms with van der Waals surface area (Å²) in [5.74, 6) is 1.53. The van der Waals surface area contributed by atoms with E-state index in [0.717, 1.165) is 44.2 Å². The molecule has 4 heteroatoms. The van der Waals surface area contributed by atoms with Crippen molar-refractivity contribution < 1.29 is 19.7 Å². The van der Waals surface area contributed by atoms with Crippen LogP contribution in [0.15, 0.2) is 109 Å². The third-order valence-corrected chi connectivity index (χ3v) is 7.69. The first-order valence-corrected chi connectivity index (χ1v) is 13.6. The molecule has 0 spiro atoms. The van der Waals surface area contributed by atoms with E-state index in [-0.39, 0.29) is 26.4 Å². The van der Waals surface area contributed by atoms with Crippen molar-refractivity contribution in [2.75, 3.05) is 26.4 Å². The summed E-state index contributed by atoms with van der Waals surface area (Å²) in [4.78, 5) is 0. The Morgan fingerprint density at radius 1 is 0.425 bits per heavy atom. The number of aliphatic hydroxyl groups is 2. The minimum absolute atomic E-state index is 0.0340. The van der Waals surface area contributed by atoms with Crippen molar-refractivity contribution in [1.29, 1.82) is 0 Å². The highest BCUT2D eigenvalue weighted by Gasteiger charge is 2.28. The van der Waals surface area contributed by atoms with Gasteiger partial charge in [0.25, 0.3) is 0 Å². The highest BCUT2D eigenvalue weighted by molar-refractivity contribution is 6.24. The Morgan fingerprint density at radius 2 is 0.825 bits per heavy atom. The minimum atomic E-state index is -0.0340. The Labute approximate surface area is 232 Å². The fourth-order valence-corrected chi connectivity index (χ4v) is 6.15. The maximum atomic E-state index is 9.37. The average molecular weight is 525 g/mol. The quantitative estimate of drug-likeness (QED) is 0.221. The predicted octanol–water partition coefficient (Wildman–Crippen LogP) is 7.21. The lowest BCUT2D eigenvalue weighted by Crippen LogP contribution is -2.02. The van der Waals surface area contributed by atoms with Crippen LogP contribution in [0.1, 0.15) is 22.3 Å². The lowest BCUT2D eigenvalue weighted by molar-refractivity contribution is 0.203. The van der Waals surface area contributed by atoms with Gasteiger partial charge in [0, 0.05) is 10.8 Å². The smallest absolute Gasteiger partial charge is 0.127 e. The summed E-state index contributed by atoms with van der Waals surface area (Å²) in [7, 11) is 0. The fourth-order valence-electron chi connectivity index (χ4n) is 6.15. The second-order valence-electron chi connectivity index (χ2n) is 9.92. The Kier molecular flexibility index (Phi) is 6.20. The normalized spacial score (nSPS) is 12.6.